The highest BCUT2D eigenvalue weighted by atomic mass is 31.3. The average Bonchev–Trinajstić information content (AvgIpc) is 4.17. The van der Waals surface area contributed by atoms with Crippen molar-refractivity contribution >= 4 is 82.5 Å². The molecule has 3 aliphatic rings. The summed E-state index contributed by atoms with van der Waals surface area (Å²) in [5.41, 5.74) is 15.4. The number of imidazole rings is 3. The number of aliphatic hydroxyl groups is 4. The first kappa shape index (κ1) is 54.6. The number of anilines is 3. The monoisotopic (exact) mass is 1150 g/mol. The molecule has 0 amide bonds. The Morgan fingerprint density at radius 3 is 1.89 bits per heavy atom. The summed E-state index contributed by atoms with van der Waals surface area (Å²) < 4.78 is 109. The van der Waals surface area contributed by atoms with Gasteiger partial charge in [-0.25, -0.2) is 42.8 Å². The Bertz CT molecular complexity index is 3470. The highest BCUT2D eigenvalue weighted by Gasteiger charge is 2.54. The molecule has 0 spiro atoms. The number of nitrogen functional groups attached to an aromatic ring is 3. The van der Waals surface area contributed by atoms with Crippen LogP contribution in [-0.4, -0.2) is 175 Å². The van der Waals surface area contributed by atoms with E-state index in [0.717, 1.165) is 35.2 Å². The summed E-state index contributed by atoms with van der Waals surface area (Å²) in [7, 11) is -20.9. The van der Waals surface area contributed by atoms with Gasteiger partial charge in [-0.1, -0.05) is 4.98 Å². The number of aryl methyl sites for hydroxylation is 1. The fourth-order valence-corrected chi connectivity index (χ4v) is 12.8. The summed E-state index contributed by atoms with van der Waals surface area (Å²) in [5.74, 6) is -0.716. The number of phosphoric acid groups is 4. The zero-order valence-electron chi connectivity index (χ0n) is 38.0. The normalized spacial score (nSPS) is 30.5. The number of nitrogens with zero attached hydrogens (tertiary/aromatic N) is 10. The van der Waals surface area contributed by atoms with Crippen molar-refractivity contribution in [3.8, 4) is 0 Å². The minimum atomic E-state index is -6.20. The molecule has 75 heavy (non-hydrogen) atoms. The highest BCUT2D eigenvalue weighted by Crippen LogP contribution is 2.68. The van der Waals surface area contributed by atoms with Gasteiger partial charge in [-0.3, -0.25) is 51.4 Å². The Morgan fingerprint density at radius 2 is 1.23 bits per heavy atom. The van der Waals surface area contributed by atoms with Gasteiger partial charge >= 0.3 is 36.9 Å². The second-order valence-electron chi connectivity index (χ2n) is 16.5. The molecule has 7 unspecified atom stereocenters. The molecule has 43 heteroatoms. The maximum absolute atomic E-state index is 13.7. The molecule has 410 valence electrons. The van der Waals surface area contributed by atoms with E-state index in [4.69, 9.17) is 49.7 Å². The lowest BCUT2D eigenvalue weighted by Crippen LogP contribution is -2.46. The van der Waals surface area contributed by atoms with Crippen LogP contribution in [0.3, 0.4) is 0 Å². The highest BCUT2D eigenvalue weighted by molar-refractivity contribution is 7.66. The van der Waals surface area contributed by atoms with Crippen molar-refractivity contribution < 1.29 is 108 Å². The van der Waals surface area contributed by atoms with Crippen LogP contribution < -0.4 is 32.9 Å². The maximum atomic E-state index is 13.7. The Balaban J connectivity index is 0.862. The zero-order valence-corrected chi connectivity index (χ0v) is 41.5. The van der Waals surface area contributed by atoms with Crippen LogP contribution in [0.15, 0.2) is 34.9 Å². The zero-order chi connectivity index (χ0) is 54.3. The number of phosphoric ester groups is 3. The average molecular weight is 1150 g/mol. The lowest BCUT2D eigenvalue weighted by Gasteiger charge is -2.26. The van der Waals surface area contributed by atoms with E-state index in [2.05, 4.69) is 53.0 Å². The van der Waals surface area contributed by atoms with Crippen LogP contribution in [0.4, 0.5) is 17.7 Å². The van der Waals surface area contributed by atoms with E-state index in [9.17, 15) is 67.8 Å². The van der Waals surface area contributed by atoms with Gasteiger partial charge in [0.05, 0.1) is 39.5 Å². The summed E-state index contributed by atoms with van der Waals surface area (Å²) >= 11 is 0. The number of aromatic amines is 2. The third kappa shape index (κ3) is 10.9. The summed E-state index contributed by atoms with van der Waals surface area (Å²) in [6.45, 7) is -3.40. The topological polar surface area (TPSA) is 562 Å². The molecule has 6 aromatic heterocycles. The van der Waals surface area contributed by atoms with Crippen molar-refractivity contribution in [2.45, 2.75) is 73.6 Å². The Labute approximate surface area is 414 Å². The smallest absolute Gasteiger partial charge is 0.387 e. The minimum Gasteiger partial charge on any atom is -0.387 e. The van der Waals surface area contributed by atoms with Gasteiger partial charge in [0.2, 0.25) is 17.7 Å². The number of methoxy groups -OCH3 is 1. The van der Waals surface area contributed by atoms with Crippen LogP contribution in [0.25, 0.3) is 33.5 Å². The molecule has 0 saturated carbocycles. The number of aromatic nitrogens is 12. The molecule has 3 aliphatic heterocycles. The predicted octanol–water partition coefficient (Wildman–Crippen LogP) is -4.71. The largest absolute Gasteiger partial charge is 0.490 e. The Hall–Kier alpha value is -5.15. The number of ether oxygens (including phenoxy) is 4. The van der Waals surface area contributed by atoms with E-state index >= 15 is 0 Å². The molecule has 0 bridgehead atoms. The van der Waals surface area contributed by atoms with E-state index < -0.39 is 136 Å². The Kier molecular flexibility index (Phi) is 14.8. The van der Waals surface area contributed by atoms with E-state index in [1.807, 2.05) is 0 Å². The van der Waals surface area contributed by atoms with Crippen molar-refractivity contribution in [3.63, 3.8) is 0 Å². The summed E-state index contributed by atoms with van der Waals surface area (Å²) in [6, 6.07) is 0. The standard InChI is InChI=1S/C32H43N15O24P4/c1-44-9-47(25-15(44)27(53)43-32(35)41-25)29-19(51)17(49)11(67-29)4-64-73(56,57)70-75(60,61)71-74(58,59)65-5-12-20(21(62-2)30(68-12)45-7-38-13-22(33)36-6-37-23(13)45)69-72(54,55)63-3-10-16(48)18(50)28(66-10)46-8-39-14-24(46)40-31(34)42-26(14)52/h6-12,16-21,28-30,48-51H,3-5H2,1-2H3,(H11-,33,34,35,36,37,40,41,42,43,52,53,54,55,56,57,58,59,60,61)/p+1/t10-,11-,12-,16?,17+,18+,19?,20?,21+,28-,29-,30-/m1/s1. The van der Waals surface area contributed by atoms with Crippen LogP contribution in [0, 0.1) is 0 Å². The second-order valence-corrected chi connectivity index (χ2v) is 22.5. The number of hydrogen-bond donors (Lipinski definition) is 13. The maximum Gasteiger partial charge on any atom is 0.490 e. The van der Waals surface area contributed by atoms with Gasteiger partial charge in [0.1, 0.15) is 66.8 Å². The molecule has 6 aromatic rings. The van der Waals surface area contributed by atoms with Gasteiger partial charge in [-0.2, -0.15) is 13.6 Å². The van der Waals surface area contributed by atoms with Crippen LogP contribution in [0.2, 0.25) is 0 Å². The fraction of sp³-hybridized carbons (Fsp3) is 0.531. The summed E-state index contributed by atoms with van der Waals surface area (Å²) in [6.07, 6.45) is -15.8. The third-order valence-corrected chi connectivity index (χ3v) is 16.8. The molecule has 9 heterocycles. The molecule has 3 fully saturated rings. The fourth-order valence-electron chi connectivity index (χ4n) is 8.29. The van der Waals surface area contributed by atoms with Crippen molar-refractivity contribution in [2.24, 2.45) is 7.05 Å². The van der Waals surface area contributed by atoms with E-state index in [1.165, 1.54) is 22.5 Å². The van der Waals surface area contributed by atoms with Gasteiger partial charge in [-0.05, 0) is 0 Å². The van der Waals surface area contributed by atoms with Crippen molar-refractivity contribution in [1.82, 2.24) is 53.6 Å². The Morgan fingerprint density at radius 1 is 0.667 bits per heavy atom. The number of nitrogens with one attached hydrogen (secondary N) is 2. The summed E-state index contributed by atoms with van der Waals surface area (Å²) in [4.78, 5) is 95.6. The third-order valence-electron chi connectivity index (χ3n) is 11.6. The van der Waals surface area contributed by atoms with E-state index in [1.54, 1.807) is 0 Å². The molecule has 0 radical (unpaired) electrons. The number of fused-ring (bicyclic) bond motifs is 3. The van der Waals surface area contributed by atoms with Crippen LogP contribution >= 0.6 is 31.3 Å². The first-order valence-corrected chi connectivity index (χ1v) is 27.1. The van der Waals surface area contributed by atoms with Gasteiger partial charge in [-0.15, -0.1) is 0 Å². The first-order valence-electron chi connectivity index (χ1n) is 21.2. The van der Waals surface area contributed by atoms with E-state index in [0.29, 0.717) is 0 Å². The van der Waals surface area contributed by atoms with Crippen molar-refractivity contribution in [1.29, 1.82) is 0 Å². The van der Waals surface area contributed by atoms with Gasteiger partial charge in [0.25, 0.3) is 17.1 Å². The van der Waals surface area contributed by atoms with Gasteiger partial charge in [0, 0.05) is 7.11 Å². The van der Waals surface area contributed by atoms with Crippen LogP contribution in [0.1, 0.15) is 18.7 Å². The molecule has 0 aliphatic carbocycles. The molecular weight excluding hydrogens is 1100 g/mol. The van der Waals surface area contributed by atoms with E-state index in [-0.39, 0.29) is 51.2 Å². The van der Waals surface area contributed by atoms with Crippen molar-refractivity contribution in [3.05, 3.63) is 46.0 Å². The SMILES string of the molecule is CO[C@H]1C(OP(=O)(O)OC[C@H]2O[C@@H](n3cnc4c(=O)[nH]c(N)nc43)[C@@H](O)C2O)[C@@H](COP(=O)(O)OP(=O)(O)OP(=O)(O)OC[C@H]2O[C@@H]([n+]3cn(C)c4c(=O)[nH]c(N)nc43)C(O)[C@H]2O)O[C@H]1n1cnc2c(N)ncnc21. The lowest BCUT2D eigenvalue weighted by atomic mass is 10.1. The van der Waals surface area contributed by atoms with Crippen LogP contribution in [-0.2, 0) is 71.0 Å². The number of nitrogens with two attached hydrogens (primary N) is 3. The molecule has 9 rings (SSSR count). The predicted molar refractivity (Wildman–Crippen MR) is 239 cm³/mol. The molecule has 0 aromatic carbocycles. The quantitative estimate of drug-likeness (QED) is 0.0268. The van der Waals surface area contributed by atoms with Gasteiger partial charge in [0.15, 0.2) is 41.4 Å². The lowest BCUT2D eigenvalue weighted by molar-refractivity contribution is -0.745. The molecule has 39 nitrogen and oxygen atoms in total. The molecule has 3 saturated heterocycles. The molecule has 16 atom stereocenters. The molecular formula is C32H44N15O24P4+. The molecule has 16 N–H and O–H groups in total. The number of aliphatic hydroxyl groups excluding tert-OH is 4. The number of hydrogen-bond acceptors (Lipinski definition) is 29. The first-order chi connectivity index (χ1) is 35.2. The minimum absolute atomic E-state index is 0.00606. The number of H-pyrrole nitrogens is 2. The van der Waals surface area contributed by atoms with Gasteiger partial charge < -0.3 is 76.1 Å². The van der Waals surface area contributed by atoms with Crippen LogP contribution in [0.5, 0.6) is 0 Å². The summed E-state index contributed by atoms with van der Waals surface area (Å²) in [5, 5.41) is 43.2. The number of rotatable bonds is 19. The second kappa shape index (κ2) is 20.3. The van der Waals surface area contributed by atoms with Crippen molar-refractivity contribution in [2.75, 3.05) is 44.1 Å².